The topological polar surface area (TPSA) is 101 Å². The van der Waals surface area contributed by atoms with Crippen molar-refractivity contribution in [2.45, 2.75) is 50.7 Å². The molecule has 0 spiro atoms. The van der Waals surface area contributed by atoms with Crippen LogP contribution in [0.5, 0.6) is 5.75 Å². The summed E-state index contributed by atoms with van der Waals surface area (Å²) >= 11 is 0. The maximum atomic E-state index is 13.8. The highest BCUT2D eigenvalue weighted by molar-refractivity contribution is 5.99. The molecule has 1 saturated carbocycles. The maximum Gasteiger partial charge on any atom is 0.276 e. The fourth-order valence-electron chi connectivity index (χ4n) is 4.68. The number of fused-ring (bicyclic) bond motifs is 5. The Labute approximate surface area is 175 Å². The van der Waals surface area contributed by atoms with E-state index in [9.17, 15) is 28.3 Å². The van der Waals surface area contributed by atoms with E-state index in [-0.39, 0.29) is 29.9 Å². The summed E-state index contributed by atoms with van der Waals surface area (Å²) in [4.78, 5) is 39.8. The molecule has 2 N–H and O–H groups in total. The fraction of sp³-hybridized carbons (Fsp3) is 0.381. The molecule has 31 heavy (non-hydrogen) atoms. The van der Waals surface area contributed by atoms with E-state index in [0.29, 0.717) is 0 Å². The molecule has 1 aromatic carbocycles. The highest BCUT2D eigenvalue weighted by Crippen LogP contribution is 2.38. The first-order chi connectivity index (χ1) is 14.8. The Kier molecular flexibility index (Phi) is 4.54. The second-order valence-corrected chi connectivity index (χ2v) is 8.00. The number of amides is 2. The van der Waals surface area contributed by atoms with E-state index in [2.05, 4.69) is 5.32 Å². The SMILES string of the molecule is O=C(NCc1c(F)cccc1F)c1cn2c(c(O)c1=O)C(=O)N1[C@@H]3CC[C@@H](C3)O[C@H]1C2. The van der Waals surface area contributed by atoms with Crippen molar-refractivity contribution >= 4 is 11.8 Å². The molecule has 2 aliphatic heterocycles. The van der Waals surface area contributed by atoms with Crippen LogP contribution in [0.4, 0.5) is 8.78 Å². The van der Waals surface area contributed by atoms with Gasteiger partial charge in [0.1, 0.15) is 17.2 Å². The number of halogens is 2. The van der Waals surface area contributed by atoms with E-state index < -0.39 is 53.0 Å². The van der Waals surface area contributed by atoms with Crippen molar-refractivity contribution < 1.29 is 28.2 Å². The smallest absolute Gasteiger partial charge is 0.276 e. The van der Waals surface area contributed by atoms with Crippen LogP contribution >= 0.6 is 0 Å². The molecule has 3 atom stereocenters. The van der Waals surface area contributed by atoms with Crippen LogP contribution in [0.2, 0.25) is 0 Å². The minimum atomic E-state index is -1.02. The normalized spacial score (nSPS) is 24.0. The number of carbonyl (C=O) groups excluding carboxylic acids is 2. The minimum Gasteiger partial charge on any atom is -0.503 e. The monoisotopic (exact) mass is 431 g/mol. The Balaban J connectivity index is 1.45. The number of ether oxygens (including phenoxy) is 1. The molecule has 2 aromatic rings. The minimum absolute atomic E-state index is 0.00172. The van der Waals surface area contributed by atoms with Crippen LogP contribution in [0, 0.1) is 11.6 Å². The van der Waals surface area contributed by atoms with Crippen LogP contribution in [0.1, 0.15) is 45.7 Å². The largest absolute Gasteiger partial charge is 0.503 e. The van der Waals surface area contributed by atoms with E-state index in [1.807, 2.05) is 0 Å². The lowest BCUT2D eigenvalue weighted by Gasteiger charge is -2.44. The zero-order valence-electron chi connectivity index (χ0n) is 16.3. The van der Waals surface area contributed by atoms with Crippen LogP contribution < -0.4 is 10.7 Å². The van der Waals surface area contributed by atoms with Gasteiger partial charge in [0.2, 0.25) is 5.43 Å². The second-order valence-electron chi connectivity index (χ2n) is 8.00. The van der Waals surface area contributed by atoms with Gasteiger partial charge in [-0.25, -0.2) is 8.78 Å². The Bertz CT molecular complexity index is 1140. The zero-order chi connectivity index (χ0) is 21.9. The molecule has 3 heterocycles. The van der Waals surface area contributed by atoms with E-state index in [0.717, 1.165) is 31.4 Å². The van der Waals surface area contributed by atoms with Gasteiger partial charge in [-0.1, -0.05) is 6.07 Å². The predicted octanol–water partition coefficient (Wildman–Crippen LogP) is 1.50. The van der Waals surface area contributed by atoms with Crippen LogP contribution in [0.15, 0.2) is 29.2 Å². The lowest BCUT2D eigenvalue weighted by atomic mass is 10.1. The maximum absolute atomic E-state index is 13.8. The molecule has 0 unspecified atom stereocenters. The average Bonchev–Trinajstić information content (AvgIpc) is 3.10. The molecule has 1 aromatic heterocycles. The second kappa shape index (κ2) is 7.16. The molecule has 5 rings (SSSR count). The van der Waals surface area contributed by atoms with Crippen LogP contribution in [-0.2, 0) is 17.8 Å². The van der Waals surface area contributed by atoms with Gasteiger partial charge < -0.3 is 24.6 Å². The lowest BCUT2D eigenvalue weighted by molar-refractivity contribution is -0.132. The van der Waals surface area contributed by atoms with Gasteiger partial charge in [0.15, 0.2) is 17.7 Å². The predicted molar refractivity (Wildman–Crippen MR) is 102 cm³/mol. The van der Waals surface area contributed by atoms with Gasteiger partial charge >= 0.3 is 0 Å². The highest BCUT2D eigenvalue weighted by Gasteiger charge is 2.47. The lowest BCUT2D eigenvalue weighted by Crippen LogP contribution is -2.57. The molecule has 1 saturated heterocycles. The summed E-state index contributed by atoms with van der Waals surface area (Å²) < 4.78 is 34.9. The molecule has 1 aliphatic carbocycles. The molecule has 2 bridgehead atoms. The molecule has 2 fully saturated rings. The van der Waals surface area contributed by atoms with Crippen molar-refractivity contribution in [3.63, 3.8) is 0 Å². The number of nitrogens with one attached hydrogen (secondary N) is 1. The number of aromatic nitrogens is 1. The third kappa shape index (κ3) is 3.09. The number of nitrogens with zero attached hydrogens (tertiary/aromatic N) is 2. The Morgan fingerprint density at radius 1 is 1.23 bits per heavy atom. The number of hydrogen-bond donors (Lipinski definition) is 2. The molecule has 2 amide bonds. The number of hydrogen-bond acceptors (Lipinski definition) is 5. The van der Waals surface area contributed by atoms with E-state index in [4.69, 9.17) is 4.74 Å². The van der Waals surface area contributed by atoms with Gasteiger partial charge in [0.25, 0.3) is 11.8 Å². The quantitative estimate of drug-likeness (QED) is 0.767. The molecule has 3 aliphatic rings. The molecule has 162 valence electrons. The fourth-order valence-corrected chi connectivity index (χ4v) is 4.68. The molecule has 0 radical (unpaired) electrons. The summed E-state index contributed by atoms with van der Waals surface area (Å²) in [5.74, 6) is -3.93. The summed E-state index contributed by atoms with van der Waals surface area (Å²) in [6, 6.07) is 3.31. The Morgan fingerprint density at radius 2 is 1.97 bits per heavy atom. The molecule has 8 nitrogen and oxygen atoms in total. The number of rotatable bonds is 3. The summed E-state index contributed by atoms with van der Waals surface area (Å²) in [6.45, 7) is -0.328. The van der Waals surface area contributed by atoms with Gasteiger partial charge in [-0.15, -0.1) is 0 Å². The summed E-state index contributed by atoms with van der Waals surface area (Å²) in [5.41, 5.74) is -1.99. The Hall–Kier alpha value is -3.27. The number of carbonyl (C=O) groups is 2. The van der Waals surface area contributed by atoms with Gasteiger partial charge in [0, 0.05) is 24.3 Å². The van der Waals surface area contributed by atoms with Gasteiger partial charge in [-0.05, 0) is 31.4 Å². The van der Waals surface area contributed by atoms with E-state index >= 15 is 0 Å². The molecule has 10 heteroatoms. The highest BCUT2D eigenvalue weighted by atomic mass is 19.1. The van der Waals surface area contributed by atoms with Gasteiger partial charge in [-0.2, -0.15) is 0 Å². The summed E-state index contributed by atoms with van der Waals surface area (Å²) in [6.07, 6.45) is 3.05. The zero-order valence-corrected chi connectivity index (χ0v) is 16.3. The summed E-state index contributed by atoms with van der Waals surface area (Å²) in [7, 11) is 0. The standard InChI is InChI=1S/C21H19F2N3O5/c22-14-2-1-3-15(23)12(14)7-24-20(29)13-8-25-9-16-26(10-4-5-11(6-10)31-16)21(30)17(25)19(28)18(13)27/h1-3,8,10-11,16,28H,4-7,9H2,(H,24,29)/t10-,11+,16+/m1/s1. The van der Waals surface area contributed by atoms with Crippen molar-refractivity contribution in [2.75, 3.05) is 0 Å². The van der Waals surface area contributed by atoms with Crippen LogP contribution in [-0.4, -0.2) is 44.8 Å². The van der Waals surface area contributed by atoms with Crippen molar-refractivity contribution in [2.24, 2.45) is 0 Å². The number of aromatic hydroxyl groups is 1. The third-order valence-electron chi connectivity index (χ3n) is 6.19. The first-order valence-corrected chi connectivity index (χ1v) is 10.0. The summed E-state index contributed by atoms with van der Waals surface area (Å²) in [5, 5.41) is 12.7. The molecular weight excluding hydrogens is 412 g/mol. The van der Waals surface area contributed by atoms with Crippen molar-refractivity contribution in [3.05, 3.63) is 63.1 Å². The van der Waals surface area contributed by atoms with Gasteiger partial charge in [0.05, 0.1) is 12.6 Å². The number of benzene rings is 1. The average molecular weight is 431 g/mol. The first-order valence-electron chi connectivity index (χ1n) is 10.0. The van der Waals surface area contributed by atoms with Crippen LogP contribution in [0.3, 0.4) is 0 Å². The molecular formula is C21H19F2N3O5. The van der Waals surface area contributed by atoms with Gasteiger partial charge in [-0.3, -0.25) is 14.4 Å². The third-order valence-corrected chi connectivity index (χ3v) is 6.19. The number of pyridine rings is 1. The van der Waals surface area contributed by atoms with Crippen LogP contribution in [0.25, 0.3) is 0 Å². The van der Waals surface area contributed by atoms with Crippen molar-refractivity contribution in [1.29, 1.82) is 0 Å². The van der Waals surface area contributed by atoms with E-state index in [1.54, 1.807) is 4.90 Å². The van der Waals surface area contributed by atoms with Crippen molar-refractivity contribution in [3.8, 4) is 5.75 Å². The van der Waals surface area contributed by atoms with Crippen molar-refractivity contribution in [1.82, 2.24) is 14.8 Å². The first kappa shape index (κ1) is 19.7. The van der Waals surface area contributed by atoms with E-state index in [1.165, 1.54) is 16.8 Å². The Morgan fingerprint density at radius 3 is 2.71 bits per heavy atom.